The zero-order chi connectivity index (χ0) is 13.7. The van der Waals surface area contributed by atoms with Crippen molar-refractivity contribution in [2.24, 2.45) is 0 Å². The first-order chi connectivity index (χ1) is 9.18. The van der Waals surface area contributed by atoms with Gasteiger partial charge in [-0.2, -0.15) is 0 Å². The van der Waals surface area contributed by atoms with E-state index >= 15 is 0 Å². The quantitative estimate of drug-likeness (QED) is 0.809. The minimum absolute atomic E-state index is 0.704. The highest BCUT2D eigenvalue weighted by Crippen LogP contribution is 2.22. The summed E-state index contributed by atoms with van der Waals surface area (Å²) >= 11 is 1.81. The molecule has 0 atom stereocenters. The SMILES string of the molecule is Cc1ccsc1CNCCOc1c(C)cccc1C. The molecule has 0 aliphatic carbocycles. The molecule has 0 aliphatic heterocycles. The first-order valence-electron chi connectivity index (χ1n) is 6.61. The Hall–Kier alpha value is -1.32. The standard InChI is InChI=1S/C16H21NOS/c1-12-7-10-19-15(12)11-17-8-9-18-16-13(2)5-4-6-14(16)3/h4-7,10,17H,8-9,11H2,1-3H3. The molecular formula is C16H21NOS. The second-order valence-electron chi connectivity index (χ2n) is 4.77. The number of rotatable bonds is 6. The number of ether oxygens (including phenoxy) is 1. The molecule has 1 aromatic heterocycles. The van der Waals surface area contributed by atoms with Crippen molar-refractivity contribution in [3.8, 4) is 5.75 Å². The Labute approximate surface area is 119 Å². The van der Waals surface area contributed by atoms with Gasteiger partial charge in [0.15, 0.2) is 0 Å². The fraction of sp³-hybridized carbons (Fsp3) is 0.375. The van der Waals surface area contributed by atoms with Gasteiger partial charge in [0, 0.05) is 18.0 Å². The molecule has 0 radical (unpaired) electrons. The van der Waals surface area contributed by atoms with E-state index in [0.717, 1.165) is 18.8 Å². The summed E-state index contributed by atoms with van der Waals surface area (Å²) in [5, 5.41) is 5.56. The maximum atomic E-state index is 5.86. The number of nitrogens with one attached hydrogen (secondary N) is 1. The molecular weight excluding hydrogens is 254 g/mol. The Balaban J connectivity index is 1.74. The van der Waals surface area contributed by atoms with Crippen LogP contribution in [0.5, 0.6) is 5.75 Å². The van der Waals surface area contributed by atoms with Crippen LogP contribution in [0.2, 0.25) is 0 Å². The predicted molar refractivity (Wildman–Crippen MR) is 82.2 cm³/mol. The zero-order valence-electron chi connectivity index (χ0n) is 11.8. The second kappa shape index (κ2) is 6.73. The van der Waals surface area contributed by atoms with Crippen molar-refractivity contribution in [2.75, 3.05) is 13.2 Å². The summed E-state index contributed by atoms with van der Waals surface area (Å²) in [4.78, 5) is 1.41. The van der Waals surface area contributed by atoms with Crippen LogP contribution in [0.3, 0.4) is 0 Å². The highest BCUT2D eigenvalue weighted by molar-refractivity contribution is 7.10. The second-order valence-corrected chi connectivity index (χ2v) is 5.77. The summed E-state index contributed by atoms with van der Waals surface area (Å²) in [6.45, 7) is 8.83. The maximum Gasteiger partial charge on any atom is 0.125 e. The number of aryl methyl sites for hydroxylation is 3. The van der Waals surface area contributed by atoms with Gasteiger partial charge in [-0.15, -0.1) is 11.3 Å². The summed E-state index contributed by atoms with van der Waals surface area (Å²) in [5.41, 5.74) is 3.77. The first kappa shape index (κ1) is 14.1. The van der Waals surface area contributed by atoms with E-state index in [1.165, 1.54) is 21.6 Å². The lowest BCUT2D eigenvalue weighted by Crippen LogP contribution is -2.20. The average molecular weight is 275 g/mol. The number of thiophene rings is 1. The van der Waals surface area contributed by atoms with E-state index in [9.17, 15) is 0 Å². The number of hydrogen-bond donors (Lipinski definition) is 1. The Morgan fingerprint density at radius 2 is 1.79 bits per heavy atom. The minimum atomic E-state index is 0.704. The van der Waals surface area contributed by atoms with E-state index in [4.69, 9.17) is 4.74 Å². The van der Waals surface area contributed by atoms with Crippen LogP contribution in [-0.2, 0) is 6.54 Å². The normalized spacial score (nSPS) is 10.7. The van der Waals surface area contributed by atoms with Crippen LogP contribution in [0.4, 0.5) is 0 Å². The Morgan fingerprint density at radius 1 is 1.05 bits per heavy atom. The van der Waals surface area contributed by atoms with Gasteiger partial charge >= 0.3 is 0 Å². The van der Waals surface area contributed by atoms with E-state index in [1.807, 2.05) is 0 Å². The topological polar surface area (TPSA) is 21.3 Å². The van der Waals surface area contributed by atoms with E-state index in [1.54, 1.807) is 11.3 Å². The largest absolute Gasteiger partial charge is 0.492 e. The Morgan fingerprint density at radius 3 is 2.42 bits per heavy atom. The van der Waals surface area contributed by atoms with Gasteiger partial charge in [-0.25, -0.2) is 0 Å². The van der Waals surface area contributed by atoms with Crippen molar-refractivity contribution in [1.29, 1.82) is 0 Å². The monoisotopic (exact) mass is 275 g/mol. The van der Waals surface area contributed by atoms with Gasteiger partial charge < -0.3 is 10.1 Å². The molecule has 0 bridgehead atoms. The summed E-state index contributed by atoms with van der Waals surface area (Å²) < 4.78 is 5.86. The molecule has 0 fully saturated rings. The third-order valence-corrected chi connectivity index (χ3v) is 4.21. The fourth-order valence-corrected chi connectivity index (χ4v) is 2.91. The van der Waals surface area contributed by atoms with Crippen LogP contribution in [0.15, 0.2) is 29.6 Å². The summed E-state index contributed by atoms with van der Waals surface area (Å²) in [6.07, 6.45) is 0. The van der Waals surface area contributed by atoms with Gasteiger partial charge in [0.25, 0.3) is 0 Å². The van der Waals surface area contributed by atoms with E-state index in [2.05, 4.69) is 55.7 Å². The first-order valence-corrected chi connectivity index (χ1v) is 7.49. The third kappa shape index (κ3) is 3.82. The lowest BCUT2D eigenvalue weighted by Gasteiger charge is -2.12. The molecule has 0 saturated carbocycles. The molecule has 2 nitrogen and oxygen atoms in total. The molecule has 0 aliphatic rings. The number of para-hydroxylation sites is 1. The van der Waals surface area contributed by atoms with Crippen molar-refractivity contribution >= 4 is 11.3 Å². The van der Waals surface area contributed by atoms with E-state index < -0.39 is 0 Å². The van der Waals surface area contributed by atoms with Crippen LogP contribution in [0.25, 0.3) is 0 Å². The number of benzene rings is 1. The lowest BCUT2D eigenvalue weighted by atomic mass is 10.1. The molecule has 0 spiro atoms. The van der Waals surface area contributed by atoms with Crippen molar-refractivity contribution < 1.29 is 4.74 Å². The van der Waals surface area contributed by atoms with Crippen LogP contribution in [-0.4, -0.2) is 13.2 Å². The molecule has 1 heterocycles. The zero-order valence-corrected chi connectivity index (χ0v) is 12.6. The Bertz CT molecular complexity index is 513. The molecule has 3 heteroatoms. The molecule has 0 saturated heterocycles. The van der Waals surface area contributed by atoms with Crippen LogP contribution in [0.1, 0.15) is 21.6 Å². The third-order valence-electron chi connectivity index (χ3n) is 3.19. The molecule has 102 valence electrons. The van der Waals surface area contributed by atoms with Crippen LogP contribution in [0, 0.1) is 20.8 Å². The number of hydrogen-bond acceptors (Lipinski definition) is 3. The summed E-state index contributed by atoms with van der Waals surface area (Å²) in [7, 11) is 0. The average Bonchev–Trinajstić information content (AvgIpc) is 2.78. The van der Waals surface area contributed by atoms with Gasteiger partial charge in [0.2, 0.25) is 0 Å². The van der Waals surface area contributed by atoms with E-state index in [-0.39, 0.29) is 0 Å². The van der Waals surface area contributed by atoms with Gasteiger partial charge in [-0.1, -0.05) is 18.2 Å². The van der Waals surface area contributed by atoms with Gasteiger partial charge in [0.1, 0.15) is 12.4 Å². The lowest BCUT2D eigenvalue weighted by molar-refractivity contribution is 0.310. The molecule has 19 heavy (non-hydrogen) atoms. The summed E-state index contributed by atoms with van der Waals surface area (Å²) in [6, 6.07) is 8.40. The van der Waals surface area contributed by atoms with Crippen molar-refractivity contribution in [2.45, 2.75) is 27.3 Å². The molecule has 1 aromatic carbocycles. The molecule has 0 unspecified atom stereocenters. The smallest absolute Gasteiger partial charge is 0.125 e. The maximum absolute atomic E-state index is 5.86. The highest BCUT2D eigenvalue weighted by atomic mass is 32.1. The summed E-state index contributed by atoms with van der Waals surface area (Å²) in [5.74, 6) is 1.02. The molecule has 1 N–H and O–H groups in total. The minimum Gasteiger partial charge on any atom is -0.492 e. The van der Waals surface area contributed by atoms with Gasteiger partial charge in [0.05, 0.1) is 0 Å². The van der Waals surface area contributed by atoms with Crippen molar-refractivity contribution in [1.82, 2.24) is 5.32 Å². The fourth-order valence-electron chi connectivity index (χ4n) is 2.04. The van der Waals surface area contributed by atoms with E-state index in [0.29, 0.717) is 6.61 Å². The van der Waals surface area contributed by atoms with Gasteiger partial charge in [-0.05, 0) is 48.9 Å². The van der Waals surface area contributed by atoms with Crippen molar-refractivity contribution in [3.63, 3.8) is 0 Å². The van der Waals surface area contributed by atoms with Crippen molar-refractivity contribution in [3.05, 3.63) is 51.2 Å². The Kier molecular flexibility index (Phi) is 5.00. The highest BCUT2D eigenvalue weighted by Gasteiger charge is 2.03. The molecule has 2 rings (SSSR count). The predicted octanol–water partition coefficient (Wildman–Crippen LogP) is 3.84. The van der Waals surface area contributed by atoms with Crippen LogP contribution < -0.4 is 10.1 Å². The van der Waals surface area contributed by atoms with Gasteiger partial charge in [-0.3, -0.25) is 0 Å². The molecule has 0 amide bonds. The van der Waals surface area contributed by atoms with Crippen LogP contribution >= 0.6 is 11.3 Å². The molecule has 2 aromatic rings.